The van der Waals surface area contributed by atoms with Gasteiger partial charge < -0.3 is 4.74 Å². The number of hydrogen-bond donors (Lipinski definition) is 0. The molecule has 1 aliphatic heterocycles. The van der Waals surface area contributed by atoms with Crippen LogP contribution in [-0.2, 0) is 16.0 Å². The minimum atomic E-state index is 0.0442. The number of hydrogen-bond acceptors (Lipinski definition) is 5. The number of anilines is 1. The average Bonchev–Trinajstić information content (AvgIpc) is 2.82. The monoisotopic (exact) mass is 284 g/mol. The number of aryl methyl sites for hydroxylation is 1. The Labute approximate surface area is 122 Å². The summed E-state index contributed by atoms with van der Waals surface area (Å²) in [5.74, 6) is 1.34. The second-order valence-electron chi connectivity index (χ2n) is 4.89. The molecule has 0 spiro atoms. The molecule has 2 aromatic heterocycles. The van der Waals surface area contributed by atoms with Crippen molar-refractivity contribution in [2.45, 2.75) is 13.3 Å². The van der Waals surface area contributed by atoms with Crippen molar-refractivity contribution >= 4 is 11.7 Å². The van der Waals surface area contributed by atoms with Gasteiger partial charge in [-0.1, -0.05) is 0 Å². The van der Waals surface area contributed by atoms with Crippen LogP contribution in [0.4, 0.5) is 5.82 Å². The van der Waals surface area contributed by atoms with E-state index in [1.54, 1.807) is 24.4 Å². The van der Waals surface area contributed by atoms with Crippen LogP contribution in [0.25, 0.3) is 11.4 Å². The summed E-state index contributed by atoms with van der Waals surface area (Å²) in [6.45, 7) is 2.90. The van der Waals surface area contributed by atoms with Gasteiger partial charge in [0.15, 0.2) is 5.82 Å². The van der Waals surface area contributed by atoms with Gasteiger partial charge in [-0.2, -0.15) is 0 Å². The van der Waals surface area contributed by atoms with Crippen LogP contribution in [0.1, 0.15) is 11.3 Å². The van der Waals surface area contributed by atoms with E-state index in [0.717, 1.165) is 16.8 Å². The molecule has 0 aromatic carbocycles. The van der Waals surface area contributed by atoms with Crippen molar-refractivity contribution in [1.29, 1.82) is 0 Å². The Hall–Kier alpha value is -2.34. The first kappa shape index (κ1) is 13.6. The smallest absolute Gasteiger partial charge is 0.232 e. The largest absolute Gasteiger partial charge is 0.383 e. The number of aromatic nitrogens is 3. The number of methoxy groups -OCH3 is 1. The van der Waals surface area contributed by atoms with Crippen LogP contribution in [0.3, 0.4) is 0 Å². The van der Waals surface area contributed by atoms with Gasteiger partial charge in [-0.3, -0.25) is 14.7 Å². The summed E-state index contributed by atoms with van der Waals surface area (Å²) in [6, 6.07) is 3.75. The maximum Gasteiger partial charge on any atom is 0.232 e. The molecule has 6 nitrogen and oxygen atoms in total. The first-order valence-corrected chi connectivity index (χ1v) is 6.78. The van der Waals surface area contributed by atoms with Crippen LogP contribution < -0.4 is 4.90 Å². The zero-order valence-corrected chi connectivity index (χ0v) is 12.0. The molecule has 108 valence electrons. The van der Waals surface area contributed by atoms with Gasteiger partial charge in [0, 0.05) is 36.3 Å². The molecule has 3 rings (SSSR count). The highest BCUT2D eigenvalue weighted by Crippen LogP contribution is 2.30. The standard InChI is InChI=1S/C15H16N4O2/c1-10-12-8-13(20)19(6-7-21-2)15(12)18-14(17-10)11-4-3-5-16-9-11/h3-5,9H,6-8H2,1-2H3. The lowest BCUT2D eigenvalue weighted by molar-refractivity contribution is -0.117. The van der Waals surface area contributed by atoms with E-state index in [9.17, 15) is 4.79 Å². The number of fused-ring (bicyclic) bond motifs is 1. The summed E-state index contributed by atoms with van der Waals surface area (Å²) in [7, 11) is 1.62. The minimum absolute atomic E-state index is 0.0442. The Morgan fingerprint density at radius 1 is 1.38 bits per heavy atom. The summed E-state index contributed by atoms with van der Waals surface area (Å²) in [5, 5.41) is 0. The molecular weight excluding hydrogens is 268 g/mol. The fourth-order valence-electron chi connectivity index (χ4n) is 2.41. The van der Waals surface area contributed by atoms with Crippen molar-refractivity contribution in [2.75, 3.05) is 25.2 Å². The second-order valence-corrected chi connectivity index (χ2v) is 4.89. The van der Waals surface area contributed by atoms with E-state index >= 15 is 0 Å². The molecule has 1 aliphatic rings. The lowest BCUT2D eigenvalue weighted by atomic mass is 10.2. The maximum absolute atomic E-state index is 12.1. The number of nitrogens with zero attached hydrogens (tertiary/aromatic N) is 4. The van der Waals surface area contributed by atoms with Crippen LogP contribution in [0.15, 0.2) is 24.5 Å². The fraction of sp³-hybridized carbons (Fsp3) is 0.333. The maximum atomic E-state index is 12.1. The van der Waals surface area contributed by atoms with Crippen LogP contribution in [0, 0.1) is 6.92 Å². The number of pyridine rings is 1. The van der Waals surface area contributed by atoms with Crippen molar-refractivity contribution < 1.29 is 9.53 Å². The number of ether oxygens (including phenoxy) is 1. The van der Waals surface area contributed by atoms with Gasteiger partial charge in [0.25, 0.3) is 0 Å². The summed E-state index contributed by atoms with van der Waals surface area (Å²) in [5.41, 5.74) is 2.59. The van der Waals surface area contributed by atoms with Gasteiger partial charge in [-0.15, -0.1) is 0 Å². The Bertz CT molecular complexity index is 673. The zero-order valence-electron chi connectivity index (χ0n) is 12.0. The van der Waals surface area contributed by atoms with Gasteiger partial charge in [0.1, 0.15) is 5.82 Å². The summed E-state index contributed by atoms with van der Waals surface area (Å²) < 4.78 is 5.06. The molecule has 1 amide bonds. The molecule has 0 unspecified atom stereocenters. The van der Waals surface area contributed by atoms with Gasteiger partial charge in [0.2, 0.25) is 5.91 Å². The lowest BCUT2D eigenvalue weighted by Gasteiger charge is -2.16. The van der Waals surface area contributed by atoms with E-state index in [1.807, 2.05) is 19.1 Å². The van der Waals surface area contributed by atoms with E-state index in [2.05, 4.69) is 15.0 Å². The molecule has 6 heteroatoms. The Kier molecular flexibility index (Phi) is 3.62. The zero-order chi connectivity index (χ0) is 14.8. The van der Waals surface area contributed by atoms with E-state index < -0.39 is 0 Å². The number of carbonyl (C=O) groups is 1. The van der Waals surface area contributed by atoms with E-state index in [1.165, 1.54) is 0 Å². The van der Waals surface area contributed by atoms with Crippen molar-refractivity contribution in [3.63, 3.8) is 0 Å². The van der Waals surface area contributed by atoms with Crippen LogP contribution >= 0.6 is 0 Å². The van der Waals surface area contributed by atoms with Crippen molar-refractivity contribution in [3.8, 4) is 11.4 Å². The molecular formula is C15H16N4O2. The molecule has 3 heterocycles. The first-order chi connectivity index (χ1) is 10.2. The number of carbonyl (C=O) groups excluding carboxylic acids is 1. The van der Waals surface area contributed by atoms with E-state index in [-0.39, 0.29) is 5.91 Å². The second kappa shape index (κ2) is 5.57. The van der Waals surface area contributed by atoms with Crippen molar-refractivity contribution in [2.24, 2.45) is 0 Å². The van der Waals surface area contributed by atoms with Gasteiger partial charge in [-0.25, -0.2) is 9.97 Å². The number of amides is 1. The van der Waals surface area contributed by atoms with Gasteiger partial charge in [0.05, 0.1) is 19.6 Å². The molecule has 2 aromatic rings. The first-order valence-electron chi connectivity index (χ1n) is 6.78. The average molecular weight is 284 g/mol. The molecule has 0 bridgehead atoms. The molecule has 0 saturated carbocycles. The SMILES string of the molecule is COCCN1C(=O)Cc2c(C)nc(-c3cccnc3)nc21. The number of rotatable bonds is 4. The summed E-state index contributed by atoms with van der Waals surface area (Å²) >= 11 is 0. The summed E-state index contributed by atoms with van der Waals surface area (Å²) in [4.78, 5) is 27.0. The Balaban J connectivity index is 2.04. The van der Waals surface area contributed by atoms with Gasteiger partial charge >= 0.3 is 0 Å². The Morgan fingerprint density at radius 2 is 2.24 bits per heavy atom. The van der Waals surface area contributed by atoms with Crippen LogP contribution in [0.5, 0.6) is 0 Å². The summed E-state index contributed by atoms with van der Waals surface area (Å²) in [6.07, 6.45) is 3.79. The molecule has 0 N–H and O–H groups in total. The normalized spacial score (nSPS) is 13.6. The molecule has 0 aliphatic carbocycles. The van der Waals surface area contributed by atoms with Crippen LogP contribution in [-0.4, -0.2) is 41.1 Å². The minimum Gasteiger partial charge on any atom is -0.383 e. The molecule has 21 heavy (non-hydrogen) atoms. The van der Waals surface area contributed by atoms with E-state index in [4.69, 9.17) is 4.74 Å². The fourth-order valence-corrected chi connectivity index (χ4v) is 2.41. The highest BCUT2D eigenvalue weighted by molar-refractivity contribution is 6.00. The predicted octanol–water partition coefficient (Wildman–Crippen LogP) is 1.38. The third-order valence-corrected chi connectivity index (χ3v) is 3.52. The third kappa shape index (κ3) is 2.50. The highest BCUT2D eigenvalue weighted by atomic mass is 16.5. The lowest BCUT2D eigenvalue weighted by Crippen LogP contribution is -2.30. The third-order valence-electron chi connectivity index (χ3n) is 3.52. The van der Waals surface area contributed by atoms with Crippen molar-refractivity contribution in [3.05, 3.63) is 35.8 Å². The van der Waals surface area contributed by atoms with E-state index in [0.29, 0.717) is 31.2 Å². The topological polar surface area (TPSA) is 68.2 Å². The molecule has 0 fully saturated rings. The van der Waals surface area contributed by atoms with Crippen molar-refractivity contribution in [1.82, 2.24) is 15.0 Å². The molecule has 0 atom stereocenters. The molecule has 0 radical (unpaired) electrons. The quantitative estimate of drug-likeness (QED) is 0.848. The predicted molar refractivity (Wildman–Crippen MR) is 77.9 cm³/mol. The Morgan fingerprint density at radius 3 is 2.95 bits per heavy atom. The highest BCUT2D eigenvalue weighted by Gasteiger charge is 2.31. The van der Waals surface area contributed by atoms with Crippen LogP contribution in [0.2, 0.25) is 0 Å². The van der Waals surface area contributed by atoms with Gasteiger partial charge in [-0.05, 0) is 19.1 Å². The molecule has 0 saturated heterocycles.